The predicted octanol–water partition coefficient (Wildman–Crippen LogP) is 2.10. The number of imidazole rings is 1. The van der Waals surface area contributed by atoms with Gasteiger partial charge in [-0.1, -0.05) is 6.92 Å². The lowest BCUT2D eigenvalue weighted by molar-refractivity contribution is 0.189. The number of pyridine rings is 1. The molecule has 0 aromatic carbocycles. The number of carbonyl (C=O) groups excluding carboxylic acids is 1. The minimum atomic E-state index is -0.0810. The summed E-state index contributed by atoms with van der Waals surface area (Å²) in [5.41, 5.74) is 2.11. The number of aromatic amines is 1. The normalized spacial score (nSPS) is 16.1. The number of H-pyrrole nitrogens is 1. The first-order valence-electron chi connectivity index (χ1n) is 8.39. The zero-order chi connectivity index (χ0) is 16.9. The largest absolute Gasteiger partial charge is 0.367 e. The summed E-state index contributed by atoms with van der Waals surface area (Å²) in [4.78, 5) is 28.3. The number of nitrogens with one attached hydrogen (secondary N) is 2. The molecule has 3 rings (SSSR count). The number of carbonyl (C=O) groups is 1. The van der Waals surface area contributed by atoms with Crippen LogP contribution in [0.1, 0.15) is 30.9 Å². The number of urea groups is 1. The van der Waals surface area contributed by atoms with Gasteiger partial charge in [-0.2, -0.15) is 0 Å². The Hall–Kier alpha value is -2.57. The van der Waals surface area contributed by atoms with Crippen molar-refractivity contribution in [2.24, 2.45) is 0 Å². The zero-order valence-corrected chi connectivity index (χ0v) is 14.2. The second kappa shape index (κ2) is 7.33. The van der Waals surface area contributed by atoms with E-state index >= 15 is 0 Å². The van der Waals surface area contributed by atoms with Crippen molar-refractivity contribution < 1.29 is 4.79 Å². The number of anilines is 1. The van der Waals surface area contributed by atoms with E-state index in [2.05, 4.69) is 31.2 Å². The second-order valence-corrected chi connectivity index (χ2v) is 6.05. The SMILES string of the molecule is CCC(NC(=O)N1CCN(c2cccnc2)CC1)c1ncc(C)[nH]1. The lowest BCUT2D eigenvalue weighted by Crippen LogP contribution is -2.52. The summed E-state index contributed by atoms with van der Waals surface area (Å²) in [5.74, 6) is 0.817. The summed E-state index contributed by atoms with van der Waals surface area (Å²) in [6, 6.07) is 3.88. The van der Waals surface area contributed by atoms with Gasteiger partial charge in [0.1, 0.15) is 5.82 Å². The third-order valence-corrected chi connectivity index (χ3v) is 4.34. The van der Waals surface area contributed by atoms with Gasteiger partial charge < -0.3 is 20.1 Å². The van der Waals surface area contributed by atoms with Gasteiger partial charge in [0.25, 0.3) is 0 Å². The number of piperazine rings is 1. The molecule has 128 valence electrons. The highest BCUT2D eigenvalue weighted by molar-refractivity contribution is 5.75. The molecule has 2 aromatic heterocycles. The van der Waals surface area contributed by atoms with Crippen LogP contribution in [0.25, 0.3) is 0 Å². The predicted molar refractivity (Wildman–Crippen MR) is 92.9 cm³/mol. The van der Waals surface area contributed by atoms with E-state index in [4.69, 9.17) is 0 Å². The average Bonchev–Trinajstić information content (AvgIpc) is 3.06. The molecule has 3 heterocycles. The summed E-state index contributed by atoms with van der Waals surface area (Å²) in [7, 11) is 0. The van der Waals surface area contributed by atoms with E-state index in [9.17, 15) is 4.79 Å². The summed E-state index contributed by atoms with van der Waals surface area (Å²) < 4.78 is 0. The highest BCUT2D eigenvalue weighted by Gasteiger charge is 2.24. The molecule has 1 saturated heterocycles. The molecule has 1 fully saturated rings. The summed E-state index contributed by atoms with van der Waals surface area (Å²) in [5, 5.41) is 3.08. The quantitative estimate of drug-likeness (QED) is 0.901. The highest BCUT2D eigenvalue weighted by atomic mass is 16.2. The van der Waals surface area contributed by atoms with Crippen molar-refractivity contribution in [1.82, 2.24) is 25.2 Å². The molecule has 0 radical (unpaired) electrons. The molecule has 2 N–H and O–H groups in total. The Labute approximate surface area is 142 Å². The van der Waals surface area contributed by atoms with Crippen molar-refractivity contribution >= 4 is 11.7 Å². The van der Waals surface area contributed by atoms with Crippen molar-refractivity contribution in [3.8, 4) is 0 Å². The fourth-order valence-corrected chi connectivity index (χ4v) is 2.92. The fourth-order valence-electron chi connectivity index (χ4n) is 2.92. The number of aryl methyl sites for hydroxylation is 1. The maximum absolute atomic E-state index is 12.5. The maximum atomic E-state index is 12.5. The molecule has 1 atom stereocenters. The van der Waals surface area contributed by atoms with Crippen molar-refractivity contribution in [2.75, 3.05) is 31.1 Å². The van der Waals surface area contributed by atoms with Gasteiger partial charge in [0.05, 0.1) is 17.9 Å². The minimum Gasteiger partial charge on any atom is -0.367 e. The zero-order valence-electron chi connectivity index (χ0n) is 14.2. The van der Waals surface area contributed by atoms with E-state index in [1.54, 1.807) is 12.4 Å². The Morgan fingerprint density at radius 3 is 2.71 bits per heavy atom. The molecule has 7 nitrogen and oxygen atoms in total. The van der Waals surface area contributed by atoms with Gasteiger partial charge in [-0.05, 0) is 25.5 Å². The van der Waals surface area contributed by atoms with Crippen LogP contribution in [0.5, 0.6) is 0 Å². The third-order valence-electron chi connectivity index (χ3n) is 4.34. The summed E-state index contributed by atoms with van der Waals surface area (Å²) in [6.45, 7) is 7.04. The molecule has 0 bridgehead atoms. The monoisotopic (exact) mass is 328 g/mol. The standard InChI is InChI=1S/C17H24N6O/c1-3-15(16-19-11-13(2)20-16)21-17(24)23-9-7-22(8-10-23)14-5-4-6-18-12-14/h4-6,11-12,15H,3,7-10H2,1-2H3,(H,19,20)(H,21,24). The lowest BCUT2D eigenvalue weighted by Gasteiger charge is -2.36. The van der Waals surface area contributed by atoms with Gasteiger partial charge in [0.15, 0.2) is 0 Å². The van der Waals surface area contributed by atoms with E-state index in [-0.39, 0.29) is 12.1 Å². The van der Waals surface area contributed by atoms with Crippen LogP contribution < -0.4 is 10.2 Å². The van der Waals surface area contributed by atoms with Crippen LogP contribution in [0.4, 0.5) is 10.5 Å². The van der Waals surface area contributed by atoms with Gasteiger partial charge in [0, 0.05) is 44.3 Å². The van der Waals surface area contributed by atoms with Gasteiger partial charge in [0.2, 0.25) is 0 Å². The molecule has 1 aliphatic heterocycles. The van der Waals surface area contributed by atoms with E-state index in [1.165, 1.54) is 0 Å². The van der Waals surface area contributed by atoms with E-state index < -0.39 is 0 Å². The number of aromatic nitrogens is 3. The number of hydrogen-bond donors (Lipinski definition) is 2. The van der Waals surface area contributed by atoms with Gasteiger partial charge in [-0.3, -0.25) is 4.98 Å². The van der Waals surface area contributed by atoms with Crippen LogP contribution in [0.15, 0.2) is 30.7 Å². The van der Waals surface area contributed by atoms with Crippen LogP contribution in [0, 0.1) is 6.92 Å². The third kappa shape index (κ3) is 3.67. The van der Waals surface area contributed by atoms with Crippen molar-refractivity contribution in [3.63, 3.8) is 0 Å². The number of rotatable bonds is 4. The molecule has 1 unspecified atom stereocenters. The van der Waals surface area contributed by atoms with Gasteiger partial charge in [-0.15, -0.1) is 0 Å². The minimum absolute atomic E-state index is 0.0262. The molecule has 2 aromatic rings. The molecule has 24 heavy (non-hydrogen) atoms. The first-order chi connectivity index (χ1) is 11.7. The van der Waals surface area contributed by atoms with E-state index in [0.717, 1.165) is 36.7 Å². The Morgan fingerprint density at radius 1 is 1.33 bits per heavy atom. The van der Waals surface area contributed by atoms with Gasteiger partial charge in [-0.25, -0.2) is 9.78 Å². The van der Waals surface area contributed by atoms with Crippen LogP contribution in [-0.2, 0) is 0 Å². The van der Waals surface area contributed by atoms with Crippen molar-refractivity contribution in [1.29, 1.82) is 0 Å². The first-order valence-corrected chi connectivity index (χ1v) is 8.39. The molecule has 0 aliphatic carbocycles. The average molecular weight is 328 g/mol. The number of hydrogen-bond acceptors (Lipinski definition) is 4. The van der Waals surface area contributed by atoms with Crippen molar-refractivity contribution in [2.45, 2.75) is 26.3 Å². The van der Waals surface area contributed by atoms with Crippen LogP contribution in [-0.4, -0.2) is 52.1 Å². The summed E-state index contributed by atoms with van der Waals surface area (Å²) in [6.07, 6.45) is 6.22. The molecular formula is C17H24N6O. The maximum Gasteiger partial charge on any atom is 0.318 e. The molecule has 2 amide bonds. The smallest absolute Gasteiger partial charge is 0.318 e. The van der Waals surface area contributed by atoms with Crippen LogP contribution in [0.2, 0.25) is 0 Å². The topological polar surface area (TPSA) is 77.2 Å². The molecule has 0 spiro atoms. The number of nitrogens with zero attached hydrogens (tertiary/aromatic N) is 4. The Bertz CT molecular complexity index is 663. The van der Waals surface area contributed by atoms with Crippen LogP contribution in [0.3, 0.4) is 0 Å². The fraction of sp³-hybridized carbons (Fsp3) is 0.471. The number of amides is 2. The lowest BCUT2D eigenvalue weighted by atomic mass is 10.2. The molecular weight excluding hydrogens is 304 g/mol. The molecule has 1 aliphatic rings. The summed E-state index contributed by atoms with van der Waals surface area (Å²) >= 11 is 0. The first kappa shape index (κ1) is 16.3. The highest BCUT2D eigenvalue weighted by Crippen LogP contribution is 2.16. The second-order valence-electron chi connectivity index (χ2n) is 6.05. The van der Waals surface area contributed by atoms with E-state index in [0.29, 0.717) is 13.1 Å². The Kier molecular flexibility index (Phi) is 4.98. The van der Waals surface area contributed by atoms with Crippen LogP contribution >= 0.6 is 0 Å². The van der Waals surface area contributed by atoms with E-state index in [1.807, 2.05) is 31.0 Å². The molecule has 7 heteroatoms. The Morgan fingerprint density at radius 2 is 2.12 bits per heavy atom. The Balaban J connectivity index is 1.55. The van der Waals surface area contributed by atoms with Crippen molar-refractivity contribution in [3.05, 3.63) is 42.2 Å². The van der Waals surface area contributed by atoms with Gasteiger partial charge >= 0.3 is 6.03 Å². The molecule has 0 saturated carbocycles.